The van der Waals surface area contributed by atoms with Gasteiger partial charge in [-0.25, -0.2) is 0 Å². The van der Waals surface area contributed by atoms with Crippen LogP contribution < -0.4 is 9.78 Å². The van der Waals surface area contributed by atoms with Crippen LogP contribution in [0.1, 0.15) is 0 Å². The summed E-state index contributed by atoms with van der Waals surface area (Å²) in [5, 5.41) is 0. The molecule has 0 fully saturated rings. The summed E-state index contributed by atoms with van der Waals surface area (Å²) in [5.41, 5.74) is 0. The van der Waals surface area contributed by atoms with Gasteiger partial charge < -0.3 is 0 Å². The first-order valence-electron chi connectivity index (χ1n) is 5.18. The van der Waals surface area contributed by atoms with Crippen LogP contribution in [0.2, 0.25) is 0 Å². The van der Waals surface area contributed by atoms with Gasteiger partial charge in [-0.1, -0.05) is 36.4 Å². The van der Waals surface area contributed by atoms with Crippen LogP contribution in [0.3, 0.4) is 0 Å². The molecule has 0 unspecified atom stereocenters. The Morgan fingerprint density at radius 2 is 1.06 bits per heavy atom. The first-order chi connectivity index (χ1) is 8.84. The van der Waals surface area contributed by atoms with Crippen molar-refractivity contribution in [2.24, 2.45) is 0 Å². The van der Waals surface area contributed by atoms with Crippen LogP contribution >= 0.6 is 0 Å². The zero-order valence-electron chi connectivity index (χ0n) is 9.31. The molecule has 0 aromatic heterocycles. The van der Waals surface area contributed by atoms with Gasteiger partial charge in [0.05, 0.1) is 0 Å². The molecule has 0 bridgehead atoms. The van der Waals surface area contributed by atoms with Crippen LogP contribution in [-0.4, -0.2) is 9.17 Å². The van der Waals surface area contributed by atoms with Crippen LogP contribution in [0.4, 0.5) is 0 Å². The summed E-state index contributed by atoms with van der Waals surface area (Å²) in [7, 11) is -2.88. The fourth-order valence-corrected chi connectivity index (χ4v) is 1.49. The summed E-state index contributed by atoms with van der Waals surface area (Å²) >= 11 is 0. The zero-order valence-corrected chi connectivity index (χ0v) is 10.3. The van der Waals surface area contributed by atoms with Crippen molar-refractivity contribution in [1.29, 1.82) is 0 Å². The molecule has 92 valence electrons. The summed E-state index contributed by atoms with van der Waals surface area (Å²) in [5.74, 6) is 0.860. The lowest BCUT2D eigenvalue weighted by molar-refractivity contribution is -0.194. The molecule has 0 spiro atoms. The number of rotatable bonds is 6. The van der Waals surface area contributed by atoms with Crippen LogP contribution in [-0.2, 0) is 13.6 Å². The van der Waals surface area contributed by atoms with Gasteiger partial charge in [-0.05, 0) is 24.3 Å². The van der Waals surface area contributed by atoms with E-state index in [4.69, 9.17) is 9.78 Å². The summed E-state index contributed by atoms with van der Waals surface area (Å²) in [4.78, 5) is 9.57. The van der Waals surface area contributed by atoms with Crippen LogP contribution in [0, 0.1) is 0 Å². The molecule has 0 heterocycles. The average Bonchev–Trinajstić information content (AvgIpc) is 2.45. The Kier molecular flexibility index (Phi) is 4.31. The fraction of sp³-hybridized carbons (Fsp3) is 0. The van der Waals surface area contributed by atoms with Crippen molar-refractivity contribution in [2.75, 3.05) is 0 Å². The highest BCUT2D eigenvalue weighted by molar-refractivity contribution is 6.25. The summed E-state index contributed by atoms with van der Waals surface area (Å²) in [6.07, 6.45) is 0. The molecular weight excluding hydrogens is 252 g/mol. The van der Waals surface area contributed by atoms with Gasteiger partial charge in [0.15, 0.2) is 11.5 Å². The van der Waals surface area contributed by atoms with Crippen molar-refractivity contribution in [1.82, 2.24) is 0 Å². The molecular formula is C12H10O5Si. The largest absolute Gasteiger partial charge is 0.854 e. The Balaban J connectivity index is 1.73. The Bertz CT molecular complexity index is 443. The van der Waals surface area contributed by atoms with E-state index in [1.807, 2.05) is 12.1 Å². The van der Waals surface area contributed by atoms with E-state index < -0.39 is 9.17 Å². The maximum atomic E-state index is 11.3. The van der Waals surface area contributed by atoms with Crippen molar-refractivity contribution < 1.29 is 23.4 Å². The molecule has 2 aromatic rings. The molecule has 6 heteroatoms. The molecule has 2 aromatic carbocycles. The van der Waals surface area contributed by atoms with Gasteiger partial charge in [0.1, 0.15) is 0 Å². The number of hydrogen-bond donors (Lipinski definition) is 0. The van der Waals surface area contributed by atoms with Gasteiger partial charge in [-0.3, -0.25) is 23.4 Å². The Morgan fingerprint density at radius 1 is 0.667 bits per heavy atom. The Labute approximate surface area is 105 Å². The van der Waals surface area contributed by atoms with Crippen molar-refractivity contribution in [3.05, 3.63) is 60.7 Å². The first kappa shape index (κ1) is 12.1. The lowest BCUT2D eigenvalue weighted by Crippen LogP contribution is -2.16. The standard InChI is InChI=1S/C12H10O5Si/c13-18(16-14-11-7-3-1-4-8-11)17-15-12-9-5-2-6-10-12/h1-10H. The topological polar surface area (TPSA) is 54.0 Å². The number of para-hydroxylation sites is 2. The van der Waals surface area contributed by atoms with E-state index in [1.165, 1.54) is 0 Å². The lowest BCUT2D eigenvalue weighted by atomic mass is 10.3. The monoisotopic (exact) mass is 262 g/mol. The molecule has 0 aliphatic carbocycles. The predicted molar refractivity (Wildman–Crippen MR) is 62.8 cm³/mol. The van der Waals surface area contributed by atoms with E-state index in [0.29, 0.717) is 11.5 Å². The highest BCUT2D eigenvalue weighted by Crippen LogP contribution is 2.10. The molecule has 0 saturated carbocycles. The van der Waals surface area contributed by atoms with Gasteiger partial charge in [-0.2, -0.15) is 0 Å². The fourth-order valence-electron chi connectivity index (χ4n) is 1.13. The third-order valence-electron chi connectivity index (χ3n) is 1.90. The second kappa shape index (κ2) is 6.41. The Morgan fingerprint density at radius 3 is 1.44 bits per heavy atom. The van der Waals surface area contributed by atoms with Gasteiger partial charge in [0, 0.05) is 0 Å². The average molecular weight is 262 g/mol. The molecule has 0 N–H and O–H groups in total. The zero-order chi connectivity index (χ0) is 12.6. The highest BCUT2D eigenvalue weighted by Gasteiger charge is 2.16. The molecule has 0 atom stereocenters. The molecule has 0 amide bonds. The third-order valence-corrected chi connectivity index (χ3v) is 2.34. The minimum absolute atomic E-state index is 0.430. The predicted octanol–water partition coefficient (Wildman–Crippen LogP) is 2.42. The SMILES string of the molecule is O=[Si](OOc1ccccc1)OOc1ccccc1. The van der Waals surface area contributed by atoms with Gasteiger partial charge in [-0.15, -0.1) is 0 Å². The molecule has 0 saturated heterocycles. The normalized spacial score (nSPS) is 9.33. The molecule has 18 heavy (non-hydrogen) atoms. The van der Waals surface area contributed by atoms with Crippen molar-refractivity contribution in [3.8, 4) is 11.5 Å². The second-order valence-electron chi connectivity index (χ2n) is 3.21. The lowest BCUT2D eigenvalue weighted by Gasteiger charge is -2.04. The third kappa shape index (κ3) is 3.91. The van der Waals surface area contributed by atoms with Gasteiger partial charge >= 0.3 is 9.17 Å². The highest BCUT2D eigenvalue weighted by atomic mass is 28.3. The van der Waals surface area contributed by atoms with Crippen LogP contribution in [0.15, 0.2) is 60.7 Å². The molecule has 0 aliphatic heterocycles. The minimum atomic E-state index is -2.88. The quantitative estimate of drug-likeness (QED) is 0.454. The number of benzene rings is 2. The smallest absolute Gasteiger partial charge is 0.299 e. The Hall–Kier alpha value is -2.34. The van der Waals surface area contributed by atoms with E-state index in [1.54, 1.807) is 48.5 Å². The maximum Gasteiger partial charge on any atom is 0.854 e. The molecule has 0 aliphatic rings. The minimum Gasteiger partial charge on any atom is -0.299 e. The van der Waals surface area contributed by atoms with E-state index in [0.717, 1.165) is 0 Å². The van der Waals surface area contributed by atoms with E-state index >= 15 is 0 Å². The van der Waals surface area contributed by atoms with Crippen LogP contribution in [0.25, 0.3) is 0 Å². The summed E-state index contributed by atoms with van der Waals surface area (Å²) in [6.45, 7) is 0. The van der Waals surface area contributed by atoms with Gasteiger partial charge in [0.2, 0.25) is 0 Å². The molecule has 0 radical (unpaired) electrons. The maximum absolute atomic E-state index is 11.3. The van der Waals surface area contributed by atoms with E-state index in [-0.39, 0.29) is 0 Å². The molecule has 2 rings (SSSR count). The first-order valence-corrected chi connectivity index (χ1v) is 6.40. The van der Waals surface area contributed by atoms with Gasteiger partial charge in [0.25, 0.3) is 0 Å². The van der Waals surface area contributed by atoms with Crippen molar-refractivity contribution in [2.45, 2.75) is 0 Å². The van der Waals surface area contributed by atoms with Crippen molar-refractivity contribution >= 4 is 9.17 Å². The second-order valence-corrected chi connectivity index (χ2v) is 4.04. The van der Waals surface area contributed by atoms with E-state index in [9.17, 15) is 4.46 Å². The summed E-state index contributed by atoms with van der Waals surface area (Å²) < 4.78 is 20.4. The number of hydrogen-bond acceptors (Lipinski definition) is 5. The van der Waals surface area contributed by atoms with Crippen LogP contribution in [0.5, 0.6) is 11.5 Å². The summed E-state index contributed by atoms with van der Waals surface area (Å²) in [6, 6.07) is 17.3. The van der Waals surface area contributed by atoms with E-state index in [2.05, 4.69) is 9.15 Å². The molecule has 5 nitrogen and oxygen atoms in total. The van der Waals surface area contributed by atoms with Crippen molar-refractivity contribution in [3.63, 3.8) is 0 Å².